The van der Waals surface area contributed by atoms with Gasteiger partial charge in [-0.25, -0.2) is 4.79 Å². The maximum atomic E-state index is 12.0. The maximum Gasteiger partial charge on any atom is 0.337 e. The first kappa shape index (κ1) is 16.8. The SMILES string of the molecule is O=C(/C=C(\Cl)C1CCCCC1)Nc1ccc(Cl)cc1C(=O)O. The summed E-state index contributed by atoms with van der Waals surface area (Å²) in [5.41, 5.74) is 0.147. The van der Waals surface area contributed by atoms with Gasteiger partial charge < -0.3 is 10.4 Å². The van der Waals surface area contributed by atoms with Gasteiger partial charge in [-0.2, -0.15) is 0 Å². The smallest absolute Gasteiger partial charge is 0.337 e. The second kappa shape index (κ2) is 7.65. The number of carboxylic acid groups (broad SMARTS) is 1. The van der Waals surface area contributed by atoms with E-state index in [1.165, 1.54) is 30.7 Å². The maximum absolute atomic E-state index is 12.0. The molecule has 2 N–H and O–H groups in total. The first-order valence-corrected chi connectivity index (χ1v) is 7.94. The van der Waals surface area contributed by atoms with Gasteiger partial charge in [0.1, 0.15) is 0 Å². The lowest BCUT2D eigenvalue weighted by molar-refractivity contribution is -0.112. The van der Waals surface area contributed by atoms with Crippen molar-refractivity contribution in [1.29, 1.82) is 0 Å². The molecule has 1 aliphatic rings. The molecule has 0 radical (unpaired) electrons. The molecule has 1 saturated carbocycles. The van der Waals surface area contributed by atoms with E-state index in [2.05, 4.69) is 5.32 Å². The van der Waals surface area contributed by atoms with Crippen molar-refractivity contribution in [2.75, 3.05) is 5.32 Å². The van der Waals surface area contributed by atoms with E-state index in [4.69, 9.17) is 28.3 Å². The van der Waals surface area contributed by atoms with E-state index in [9.17, 15) is 9.59 Å². The summed E-state index contributed by atoms with van der Waals surface area (Å²) in [5, 5.41) is 12.5. The van der Waals surface area contributed by atoms with E-state index < -0.39 is 11.9 Å². The Morgan fingerprint density at radius 1 is 1.23 bits per heavy atom. The number of allylic oxidation sites excluding steroid dienone is 1. The van der Waals surface area contributed by atoms with Crippen LogP contribution in [0, 0.1) is 5.92 Å². The molecule has 0 aromatic heterocycles. The molecule has 0 saturated heterocycles. The van der Waals surface area contributed by atoms with Gasteiger partial charge in [0.2, 0.25) is 5.91 Å². The van der Waals surface area contributed by atoms with Gasteiger partial charge in [-0.3, -0.25) is 4.79 Å². The van der Waals surface area contributed by atoms with Crippen LogP contribution in [0.4, 0.5) is 5.69 Å². The fraction of sp³-hybridized carbons (Fsp3) is 0.375. The molecule has 0 heterocycles. The number of carbonyl (C=O) groups is 2. The number of nitrogens with one attached hydrogen (secondary N) is 1. The van der Waals surface area contributed by atoms with Gasteiger partial charge in [0, 0.05) is 16.1 Å². The van der Waals surface area contributed by atoms with Crippen molar-refractivity contribution in [3.8, 4) is 0 Å². The Kier molecular flexibility index (Phi) is 5.86. The van der Waals surface area contributed by atoms with Crippen LogP contribution >= 0.6 is 23.2 Å². The third-order valence-corrected chi connectivity index (χ3v) is 4.39. The zero-order chi connectivity index (χ0) is 16.1. The van der Waals surface area contributed by atoms with Crippen molar-refractivity contribution < 1.29 is 14.7 Å². The molecule has 1 aromatic carbocycles. The van der Waals surface area contributed by atoms with Gasteiger partial charge in [0.15, 0.2) is 0 Å². The molecule has 0 aliphatic heterocycles. The molecule has 1 aromatic rings. The minimum atomic E-state index is -1.15. The van der Waals surface area contributed by atoms with Crippen LogP contribution in [0.5, 0.6) is 0 Å². The summed E-state index contributed by atoms with van der Waals surface area (Å²) < 4.78 is 0. The predicted octanol–water partition coefficient (Wildman–Crippen LogP) is 4.68. The number of carboxylic acids is 1. The van der Waals surface area contributed by atoms with Crippen LogP contribution in [0.1, 0.15) is 42.5 Å². The summed E-state index contributed by atoms with van der Waals surface area (Å²) in [4.78, 5) is 23.2. The van der Waals surface area contributed by atoms with Gasteiger partial charge in [-0.05, 0) is 37.0 Å². The van der Waals surface area contributed by atoms with Gasteiger partial charge in [0.05, 0.1) is 11.3 Å². The molecule has 1 aliphatic carbocycles. The van der Waals surface area contributed by atoms with Gasteiger partial charge in [0.25, 0.3) is 0 Å². The Morgan fingerprint density at radius 3 is 2.55 bits per heavy atom. The minimum absolute atomic E-state index is 0.0527. The lowest BCUT2D eigenvalue weighted by Crippen LogP contribution is -2.14. The van der Waals surface area contributed by atoms with Gasteiger partial charge in [-0.1, -0.05) is 42.5 Å². The predicted molar refractivity (Wildman–Crippen MR) is 87.6 cm³/mol. The van der Waals surface area contributed by atoms with Crippen molar-refractivity contribution in [2.24, 2.45) is 5.92 Å². The molecule has 4 nitrogen and oxygen atoms in total. The van der Waals surface area contributed by atoms with Crippen LogP contribution in [0.15, 0.2) is 29.3 Å². The van der Waals surface area contributed by atoms with Crippen LogP contribution in [-0.4, -0.2) is 17.0 Å². The third kappa shape index (κ3) is 4.49. The highest BCUT2D eigenvalue weighted by Crippen LogP contribution is 2.31. The topological polar surface area (TPSA) is 66.4 Å². The normalized spacial score (nSPS) is 16.4. The number of amides is 1. The van der Waals surface area contributed by atoms with Crippen LogP contribution in [0.25, 0.3) is 0 Å². The number of aromatic carboxylic acids is 1. The third-order valence-electron chi connectivity index (χ3n) is 3.73. The Labute approximate surface area is 139 Å². The van der Waals surface area contributed by atoms with Crippen molar-refractivity contribution in [3.05, 3.63) is 39.9 Å². The molecule has 1 amide bonds. The number of halogens is 2. The second-order valence-electron chi connectivity index (χ2n) is 5.35. The Balaban J connectivity index is 2.10. The first-order valence-electron chi connectivity index (χ1n) is 7.18. The lowest BCUT2D eigenvalue weighted by atomic mass is 9.89. The van der Waals surface area contributed by atoms with Gasteiger partial charge in [-0.15, -0.1) is 0 Å². The molecular formula is C16H17Cl2NO3. The van der Waals surface area contributed by atoms with Crippen molar-refractivity contribution in [3.63, 3.8) is 0 Å². The van der Waals surface area contributed by atoms with Gasteiger partial charge >= 0.3 is 5.97 Å². The van der Waals surface area contributed by atoms with Crippen LogP contribution in [0.2, 0.25) is 5.02 Å². The molecule has 0 spiro atoms. The molecule has 22 heavy (non-hydrogen) atoms. The van der Waals surface area contributed by atoms with E-state index in [1.54, 1.807) is 0 Å². The zero-order valence-corrected chi connectivity index (χ0v) is 13.5. The largest absolute Gasteiger partial charge is 0.478 e. The van der Waals surface area contributed by atoms with Crippen molar-refractivity contribution >= 4 is 40.8 Å². The fourth-order valence-corrected chi connectivity index (χ4v) is 3.08. The number of carbonyl (C=O) groups excluding carboxylic acids is 1. The van der Waals surface area contributed by atoms with E-state index in [-0.39, 0.29) is 17.2 Å². The average Bonchev–Trinajstić information content (AvgIpc) is 2.49. The average molecular weight is 342 g/mol. The summed E-state index contributed by atoms with van der Waals surface area (Å²) in [7, 11) is 0. The summed E-state index contributed by atoms with van der Waals surface area (Å²) in [6.45, 7) is 0. The Morgan fingerprint density at radius 2 is 1.91 bits per heavy atom. The van der Waals surface area contributed by atoms with Crippen molar-refractivity contribution in [1.82, 2.24) is 0 Å². The fourth-order valence-electron chi connectivity index (χ4n) is 2.59. The highest BCUT2D eigenvalue weighted by molar-refractivity contribution is 6.32. The Bertz CT molecular complexity index is 607. The Hall–Kier alpha value is -1.52. The van der Waals surface area contributed by atoms with E-state index in [1.807, 2.05) is 0 Å². The van der Waals surface area contributed by atoms with E-state index in [0.29, 0.717) is 10.1 Å². The lowest BCUT2D eigenvalue weighted by Gasteiger charge is -2.20. The molecule has 1 fully saturated rings. The van der Waals surface area contributed by atoms with Crippen LogP contribution < -0.4 is 5.32 Å². The van der Waals surface area contributed by atoms with Crippen LogP contribution in [0.3, 0.4) is 0 Å². The molecule has 118 valence electrons. The summed E-state index contributed by atoms with van der Waals surface area (Å²) in [6.07, 6.45) is 6.78. The molecular weight excluding hydrogens is 325 g/mol. The highest BCUT2D eigenvalue weighted by Gasteiger charge is 2.18. The van der Waals surface area contributed by atoms with E-state index >= 15 is 0 Å². The quantitative estimate of drug-likeness (QED) is 0.781. The molecule has 6 heteroatoms. The second-order valence-corrected chi connectivity index (χ2v) is 6.22. The van der Waals surface area contributed by atoms with E-state index in [0.717, 1.165) is 25.7 Å². The monoisotopic (exact) mass is 341 g/mol. The standard InChI is InChI=1S/C16H17Cl2NO3/c17-11-6-7-14(12(8-11)16(21)22)19-15(20)9-13(18)10-4-2-1-3-5-10/h6-10H,1-5H2,(H,19,20)(H,21,22)/b13-9-. The molecule has 0 atom stereocenters. The molecule has 0 unspecified atom stereocenters. The number of rotatable bonds is 4. The molecule has 0 bridgehead atoms. The van der Waals surface area contributed by atoms with Crippen molar-refractivity contribution in [2.45, 2.75) is 32.1 Å². The molecule has 2 rings (SSSR count). The summed E-state index contributed by atoms with van der Waals surface area (Å²) in [5.74, 6) is -1.36. The minimum Gasteiger partial charge on any atom is -0.478 e. The number of hydrogen-bond acceptors (Lipinski definition) is 2. The first-order chi connectivity index (χ1) is 10.5. The number of anilines is 1. The zero-order valence-electron chi connectivity index (χ0n) is 11.9. The highest BCUT2D eigenvalue weighted by atomic mass is 35.5. The number of benzene rings is 1. The summed E-state index contributed by atoms with van der Waals surface area (Å²) in [6, 6.07) is 4.29. The van der Waals surface area contributed by atoms with Crippen LogP contribution in [-0.2, 0) is 4.79 Å². The number of hydrogen-bond donors (Lipinski definition) is 2. The summed E-state index contributed by atoms with van der Waals surface area (Å²) >= 11 is 12.0.